The molecule has 1 aliphatic carbocycles. The molecule has 0 N–H and O–H groups in total. The number of carbonyl (C=O) groups is 1. The first kappa shape index (κ1) is 13.9. The van der Waals surface area contributed by atoms with Crippen LogP contribution in [0.3, 0.4) is 0 Å². The van der Waals surface area contributed by atoms with E-state index in [1.165, 1.54) is 18.8 Å². The van der Waals surface area contributed by atoms with E-state index in [1.54, 1.807) is 0 Å². The van der Waals surface area contributed by atoms with Gasteiger partial charge in [0, 0.05) is 38.1 Å². The van der Waals surface area contributed by atoms with Gasteiger partial charge in [0.05, 0.1) is 0 Å². The van der Waals surface area contributed by atoms with Crippen molar-refractivity contribution in [3.63, 3.8) is 0 Å². The lowest BCUT2D eigenvalue weighted by molar-refractivity contribution is -0.139. The van der Waals surface area contributed by atoms with Crippen LogP contribution in [-0.4, -0.2) is 47.9 Å². The van der Waals surface area contributed by atoms with Crippen molar-refractivity contribution in [1.82, 2.24) is 9.80 Å². The Kier molecular flexibility index (Phi) is 4.66. The molecule has 0 aromatic carbocycles. The number of hydrogen-bond acceptors (Lipinski definition) is 2. The van der Waals surface area contributed by atoms with Crippen molar-refractivity contribution < 1.29 is 4.79 Å². The van der Waals surface area contributed by atoms with Gasteiger partial charge in [0.1, 0.15) is 0 Å². The van der Waals surface area contributed by atoms with E-state index in [-0.39, 0.29) is 0 Å². The minimum Gasteiger partial charge on any atom is -0.337 e. The zero-order valence-electron chi connectivity index (χ0n) is 12.1. The molecule has 0 aromatic heterocycles. The molecule has 1 heterocycles. The molecule has 2 aliphatic rings. The summed E-state index contributed by atoms with van der Waals surface area (Å²) in [6.07, 6.45) is 4.73. The van der Waals surface area contributed by atoms with Crippen LogP contribution in [0.25, 0.3) is 0 Å². The van der Waals surface area contributed by atoms with Crippen LogP contribution < -0.4 is 0 Å². The molecule has 1 atom stereocenters. The Bertz CT molecular complexity index is 284. The van der Waals surface area contributed by atoms with Gasteiger partial charge in [-0.2, -0.15) is 0 Å². The van der Waals surface area contributed by atoms with Gasteiger partial charge in [0.15, 0.2) is 0 Å². The molecule has 1 saturated carbocycles. The van der Waals surface area contributed by atoms with Crippen molar-refractivity contribution in [1.29, 1.82) is 0 Å². The van der Waals surface area contributed by atoms with Crippen LogP contribution in [0.5, 0.6) is 0 Å². The number of carbonyl (C=O) groups excluding carboxylic acids is 1. The Morgan fingerprint density at radius 3 is 2.39 bits per heavy atom. The van der Waals surface area contributed by atoms with Gasteiger partial charge in [-0.3, -0.25) is 9.69 Å². The third-order valence-corrected chi connectivity index (χ3v) is 4.24. The van der Waals surface area contributed by atoms with Crippen molar-refractivity contribution >= 4 is 5.91 Å². The monoisotopic (exact) mass is 251 g/mol. The quantitative estimate of drug-likeness (QED) is 0.768. The van der Waals surface area contributed by atoms with E-state index in [4.69, 9.17) is 0 Å². The van der Waals surface area contributed by atoms with Gasteiger partial charge in [0.2, 0.25) is 5.91 Å². The third kappa shape index (κ3) is 3.25. The minimum absolute atomic E-state index is 0.332. The number of rotatable bonds is 3. The zero-order chi connectivity index (χ0) is 13.1. The second kappa shape index (κ2) is 6.05. The number of nitrogens with zero attached hydrogens (tertiary/aromatic N) is 2. The fourth-order valence-corrected chi connectivity index (χ4v) is 3.36. The fraction of sp³-hybridized carbons (Fsp3) is 0.867. The highest BCUT2D eigenvalue weighted by molar-refractivity contribution is 5.79. The summed E-state index contributed by atoms with van der Waals surface area (Å²) in [6.45, 7) is 10.6. The summed E-state index contributed by atoms with van der Waals surface area (Å²) in [5.41, 5.74) is 0. The lowest BCUT2D eigenvalue weighted by Gasteiger charge is -2.41. The first-order valence-electron chi connectivity index (χ1n) is 7.40. The molecule has 0 bridgehead atoms. The predicted octanol–water partition coefficient (Wildman–Crippen LogP) is 2.32. The third-order valence-electron chi connectivity index (χ3n) is 4.24. The first-order chi connectivity index (χ1) is 8.58. The van der Waals surface area contributed by atoms with Crippen LogP contribution >= 0.6 is 0 Å². The molecule has 0 aromatic rings. The largest absolute Gasteiger partial charge is 0.337 e. The fourth-order valence-electron chi connectivity index (χ4n) is 3.36. The molecule has 1 radical (unpaired) electrons. The summed E-state index contributed by atoms with van der Waals surface area (Å²) in [5, 5.41) is 0. The summed E-state index contributed by atoms with van der Waals surface area (Å²) in [6, 6.07) is 0.381. The van der Waals surface area contributed by atoms with E-state index in [2.05, 4.69) is 30.6 Å². The van der Waals surface area contributed by atoms with Gasteiger partial charge in [-0.15, -0.1) is 0 Å². The van der Waals surface area contributed by atoms with Gasteiger partial charge in [-0.25, -0.2) is 0 Å². The Morgan fingerprint density at radius 1 is 1.17 bits per heavy atom. The highest BCUT2D eigenvalue weighted by atomic mass is 16.2. The maximum absolute atomic E-state index is 12.4. The average Bonchev–Trinajstić information content (AvgIpc) is 2.80. The van der Waals surface area contributed by atoms with Crippen LogP contribution in [0, 0.1) is 11.8 Å². The summed E-state index contributed by atoms with van der Waals surface area (Å²) in [7, 11) is 0. The van der Waals surface area contributed by atoms with Crippen LogP contribution in [-0.2, 0) is 4.79 Å². The SMILES string of the molecule is C[C](C)CN1CCN(C(=O)C2CCCC2)[C@@H](C)C1. The van der Waals surface area contributed by atoms with Gasteiger partial charge in [0.25, 0.3) is 0 Å². The van der Waals surface area contributed by atoms with Crippen molar-refractivity contribution in [2.45, 2.75) is 52.5 Å². The van der Waals surface area contributed by atoms with Gasteiger partial charge in [-0.1, -0.05) is 26.7 Å². The Morgan fingerprint density at radius 2 is 1.83 bits per heavy atom. The van der Waals surface area contributed by atoms with E-state index < -0.39 is 0 Å². The van der Waals surface area contributed by atoms with E-state index in [0.717, 1.165) is 39.0 Å². The summed E-state index contributed by atoms with van der Waals surface area (Å²) in [4.78, 5) is 17.0. The molecule has 1 aliphatic heterocycles. The Labute approximate surface area is 112 Å². The summed E-state index contributed by atoms with van der Waals surface area (Å²) in [5.74, 6) is 2.22. The van der Waals surface area contributed by atoms with Gasteiger partial charge >= 0.3 is 0 Å². The standard InChI is InChI=1S/C15H27N2O/c1-12(2)10-16-8-9-17(13(3)11-16)15(18)14-6-4-5-7-14/h13-14H,4-11H2,1-3H3/t13-/m0/s1. The molecule has 3 nitrogen and oxygen atoms in total. The smallest absolute Gasteiger partial charge is 0.226 e. The molecule has 103 valence electrons. The summed E-state index contributed by atoms with van der Waals surface area (Å²) < 4.78 is 0. The Balaban J connectivity index is 1.86. The van der Waals surface area contributed by atoms with Gasteiger partial charge in [-0.05, 0) is 25.7 Å². The average molecular weight is 251 g/mol. The molecule has 1 saturated heterocycles. The first-order valence-corrected chi connectivity index (χ1v) is 7.40. The van der Waals surface area contributed by atoms with Crippen molar-refractivity contribution in [2.75, 3.05) is 26.2 Å². The van der Waals surface area contributed by atoms with E-state index in [0.29, 0.717) is 17.9 Å². The predicted molar refractivity (Wildman–Crippen MR) is 74.2 cm³/mol. The van der Waals surface area contributed by atoms with E-state index >= 15 is 0 Å². The van der Waals surface area contributed by atoms with E-state index in [1.807, 2.05) is 0 Å². The van der Waals surface area contributed by atoms with Crippen LogP contribution in [0.2, 0.25) is 0 Å². The maximum atomic E-state index is 12.4. The van der Waals surface area contributed by atoms with Gasteiger partial charge < -0.3 is 4.90 Å². The highest BCUT2D eigenvalue weighted by Gasteiger charge is 2.32. The minimum atomic E-state index is 0.332. The highest BCUT2D eigenvalue weighted by Crippen LogP contribution is 2.28. The number of hydrogen-bond donors (Lipinski definition) is 0. The Hall–Kier alpha value is -0.570. The van der Waals surface area contributed by atoms with Crippen LogP contribution in [0.4, 0.5) is 0 Å². The van der Waals surface area contributed by atoms with Crippen molar-refractivity contribution in [2.24, 2.45) is 5.92 Å². The molecule has 2 fully saturated rings. The molecule has 3 heteroatoms. The van der Waals surface area contributed by atoms with Crippen molar-refractivity contribution in [3.8, 4) is 0 Å². The van der Waals surface area contributed by atoms with E-state index in [9.17, 15) is 4.79 Å². The lowest BCUT2D eigenvalue weighted by Crippen LogP contribution is -2.55. The normalized spacial score (nSPS) is 27.1. The number of piperazine rings is 1. The van der Waals surface area contributed by atoms with Crippen LogP contribution in [0.1, 0.15) is 46.5 Å². The maximum Gasteiger partial charge on any atom is 0.226 e. The second-order valence-electron chi connectivity index (χ2n) is 6.30. The zero-order valence-corrected chi connectivity index (χ0v) is 12.1. The number of amides is 1. The molecule has 1 amide bonds. The van der Waals surface area contributed by atoms with Crippen LogP contribution in [0.15, 0.2) is 0 Å². The lowest BCUT2D eigenvalue weighted by atomic mass is 10.0. The molecular weight excluding hydrogens is 224 g/mol. The molecule has 0 unspecified atom stereocenters. The molecule has 2 rings (SSSR count). The van der Waals surface area contributed by atoms with Crippen molar-refractivity contribution in [3.05, 3.63) is 5.92 Å². The summed E-state index contributed by atoms with van der Waals surface area (Å²) >= 11 is 0. The molecular formula is C15H27N2O. The molecule has 0 spiro atoms. The topological polar surface area (TPSA) is 23.6 Å². The molecule has 18 heavy (non-hydrogen) atoms. The second-order valence-corrected chi connectivity index (χ2v) is 6.30.